The molecule has 23 heavy (non-hydrogen) atoms. The van der Waals surface area contributed by atoms with E-state index in [2.05, 4.69) is 15.3 Å². The minimum Gasteiger partial charge on any atom is -0.344 e. The van der Waals surface area contributed by atoms with Gasteiger partial charge in [-0.2, -0.15) is 0 Å². The Kier molecular flexibility index (Phi) is 4.69. The number of carbonyl (C=O) groups is 1. The number of hydrogen-bond acceptors (Lipinski definition) is 4. The fraction of sp³-hybridized carbons (Fsp3) is 0.118. The number of benzene rings is 1. The highest BCUT2D eigenvalue weighted by Crippen LogP contribution is 2.26. The van der Waals surface area contributed by atoms with Crippen molar-refractivity contribution in [1.29, 1.82) is 0 Å². The number of thiazole rings is 1. The second-order valence-electron chi connectivity index (χ2n) is 5.03. The first-order chi connectivity index (χ1) is 11.1. The van der Waals surface area contributed by atoms with Crippen LogP contribution in [0.3, 0.4) is 0 Å². The summed E-state index contributed by atoms with van der Waals surface area (Å²) in [5.41, 5.74) is 2.26. The van der Waals surface area contributed by atoms with Gasteiger partial charge in [-0.15, -0.1) is 11.3 Å². The Bertz CT molecular complexity index is 819. The van der Waals surface area contributed by atoms with Crippen molar-refractivity contribution in [3.63, 3.8) is 0 Å². The predicted molar refractivity (Wildman–Crippen MR) is 92.7 cm³/mol. The molecule has 1 N–H and O–H groups in total. The van der Waals surface area contributed by atoms with Crippen molar-refractivity contribution in [1.82, 2.24) is 15.3 Å². The molecule has 0 bridgehead atoms. The molecule has 0 aliphatic carbocycles. The Balaban J connectivity index is 1.74. The number of hydrogen-bond donors (Lipinski definition) is 1. The highest BCUT2D eigenvalue weighted by Gasteiger charge is 2.15. The minimum absolute atomic E-state index is 0.132. The highest BCUT2D eigenvalue weighted by atomic mass is 35.5. The van der Waals surface area contributed by atoms with Crippen LogP contribution >= 0.6 is 22.9 Å². The number of nitrogens with zero attached hydrogens (tertiary/aromatic N) is 2. The van der Waals surface area contributed by atoms with E-state index in [-0.39, 0.29) is 11.9 Å². The van der Waals surface area contributed by atoms with Gasteiger partial charge in [-0.3, -0.25) is 9.78 Å². The molecule has 1 aromatic carbocycles. The minimum atomic E-state index is -0.203. The molecular weight excluding hydrogens is 330 g/mol. The van der Waals surface area contributed by atoms with Crippen molar-refractivity contribution in [2.45, 2.75) is 13.0 Å². The Hall–Kier alpha value is -2.24. The third kappa shape index (κ3) is 3.75. The number of aromatic nitrogens is 2. The molecule has 2 aromatic heterocycles. The van der Waals surface area contributed by atoms with Gasteiger partial charge >= 0.3 is 0 Å². The van der Waals surface area contributed by atoms with Crippen LogP contribution < -0.4 is 5.32 Å². The fourth-order valence-electron chi connectivity index (χ4n) is 2.12. The number of carbonyl (C=O) groups excluding carboxylic acids is 1. The van der Waals surface area contributed by atoms with E-state index in [1.54, 1.807) is 17.8 Å². The third-order valence-corrected chi connectivity index (χ3v) is 4.47. The molecule has 3 rings (SSSR count). The maximum atomic E-state index is 12.3. The summed E-state index contributed by atoms with van der Waals surface area (Å²) < 4.78 is 0. The van der Waals surface area contributed by atoms with E-state index in [1.807, 2.05) is 43.3 Å². The fourth-order valence-corrected chi connectivity index (χ4v) is 3.11. The largest absolute Gasteiger partial charge is 0.344 e. The lowest BCUT2D eigenvalue weighted by Gasteiger charge is -2.12. The maximum Gasteiger partial charge on any atom is 0.271 e. The maximum absolute atomic E-state index is 12.3. The Labute approximate surface area is 143 Å². The van der Waals surface area contributed by atoms with Crippen LogP contribution in [0, 0.1) is 0 Å². The van der Waals surface area contributed by atoms with Gasteiger partial charge in [0.05, 0.1) is 6.04 Å². The molecule has 6 heteroatoms. The molecule has 0 saturated carbocycles. The van der Waals surface area contributed by atoms with E-state index >= 15 is 0 Å². The first kappa shape index (κ1) is 15.6. The van der Waals surface area contributed by atoms with Crippen molar-refractivity contribution < 1.29 is 4.79 Å². The van der Waals surface area contributed by atoms with Crippen LogP contribution in [0.1, 0.15) is 29.0 Å². The summed E-state index contributed by atoms with van der Waals surface area (Å²) in [5, 5.41) is 6.10. The van der Waals surface area contributed by atoms with Crippen LogP contribution in [0.25, 0.3) is 10.6 Å². The number of halogens is 1. The molecule has 4 nitrogen and oxygen atoms in total. The zero-order valence-corrected chi connectivity index (χ0v) is 13.9. The van der Waals surface area contributed by atoms with Crippen molar-refractivity contribution in [2.75, 3.05) is 0 Å². The van der Waals surface area contributed by atoms with Crippen LogP contribution in [0.15, 0.2) is 54.2 Å². The van der Waals surface area contributed by atoms with Gasteiger partial charge in [0.1, 0.15) is 10.7 Å². The first-order valence-corrected chi connectivity index (χ1v) is 8.31. The van der Waals surface area contributed by atoms with Crippen LogP contribution in [-0.2, 0) is 0 Å². The zero-order valence-electron chi connectivity index (χ0n) is 12.4. The molecule has 0 aliphatic heterocycles. The van der Waals surface area contributed by atoms with E-state index in [1.165, 1.54) is 11.3 Å². The van der Waals surface area contributed by atoms with Crippen molar-refractivity contribution in [3.8, 4) is 10.6 Å². The van der Waals surface area contributed by atoms with Gasteiger partial charge in [0, 0.05) is 28.4 Å². The van der Waals surface area contributed by atoms with Gasteiger partial charge in [-0.05, 0) is 30.7 Å². The van der Waals surface area contributed by atoms with E-state index < -0.39 is 0 Å². The molecule has 0 radical (unpaired) electrons. The lowest BCUT2D eigenvalue weighted by Crippen LogP contribution is -2.26. The van der Waals surface area contributed by atoms with Crippen molar-refractivity contribution in [2.24, 2.45) is 0 Å². The predicted octanol–water partition coefficient (Wildman–Crippen LogP) is 4.35. The lowest BCUT2D eigenvalue weighted by molar-refractivity contribution is 0.0935. The molecule has 3 aromatic rings. The average molecular weight is 344 g/mol. The average Bonchev–Trinajstić information content (AvgIpc) is 3.06. The second-order valence-corrected chi connectivity index (χ2v) is 6.32. The molecule has 1 atom stereocenters. The SMILES string of the molecule is CC(NC(=O)c1csc(-c2cccc(Cl)c2)n1)c1cccnc1. The summed E-state index contributed by atoms with van der Waals surface area (Å²) in [7, 11) is 0. The standard InChI is InChI=1S/C17H14ClN3OS/c1-11(13-5-3-7-19-9-13)20-16(22)15-10-23-17(21-15)12-4-2-6-14(18)8-12/h2-11H,1H3,(H,20,22). The lowest BCUT2D eigenvalue weighted by atomic mass is 10.1. The topological polar surface area (TPSA) is 54.9 Å². The third-order valence-electron chi connectivity index (χ3n) is 3.34. The molecule has 1 amide bonds. The van der Waals surface area contributed by atoms with Crippen LogP contribution in [-0.4, -0.2) is 15.9 Å². The summed E-state index contributed by atoms with van der Waals surface area (Å²) in [6, 6.07) is 11.1. The molecule has 0 spiro atoms. The summed E-state index contributed by atoms with van der Waals surface area (Å²) >= 11 is 7.41. The van der Waals surface area contributed by atoms with E-state index in [9.17, 15) is 4.79 Å². The first-order valence-electron chi connectivity index (χ1n) is 7.06. The molecule has 0 saturated heterocycles. The molecule has 0 aliphatic rings. The molecular formula is C17H14ClN3OS. The monoisotopic (exact) mass is 343 g/mol. The number of amides is 1. The molecule has 2 heterocycles. The van der Waals surface area contributed by atoms with Gasteiger partial charge in [0.2, 0.25) is 0 Å². The van der Waals surface area contributed by atoms with Gasteiger partial charge in [-0.25, -0.2) is 4.98 Å². The molecule has 0 fully saturated rings. The van der Waals surface area contributed by atoms with Crippen LogP contribution in [0.4, 0.5) is 0 Å². The van der Waals surface area contributed by atoms with E-state index in [0.29, 0.717) is 10.7 Å². The van der Waals surface area contributed by atoms with Crippen molar-refractivity contribution >= 4 is 28.8 Å². The summed E-state index contributed by atoms with van der Waals surface area (Å²) in [6.45, 7) is 1.92. The smallest absolute Gasteiger partial charge is 0.271 e. The second kappa shape index (κ2) is 6.89. The van der Waals surface area contributed by atoms with Gasteiger partial charge in [-0.1, -0.05) is 29.8 Å². The Morgan fingerprint density at radius 3 is 2.91 bits per heavy atom. The van der Waals surface area contributed by atoms with Gasteiger partial charge < -0.3 is 5.32 Å². The van der Waals surface area contributed by atoms with Crippen molar-refractivity contribution in [3.05, 3.63) is 70.5 Å². The van der Waals surface area contributed by atoms with Gasteiger partial charge in [0.15, 0.2) is 0 Å². The normalized spacial score (nSPS) is 11.9. The summed E-state index contributed by atoms with van der Waals surface area (Å²) in [6.07, 6.45) is 3.44. The zero-order chi connectivity index (χ0) is 16.2. The van der Waals surface area contributed by atoms with E-state index in [4.69, 9.17) is 11.6 Å². The Morgan fingerprint density at radius 1 is 1.30 bits per heavy atom. The number of pyridine rings is 1. The van der Waals surface area contributed by atoms with Crippen LogP contribution in [0.2, 0.25) is 5.02 Å². The number of nitrogens with one attached hydrogen (secondary N) is 1. The summed E-state index contributed by atoms with van der Waals surface area (Å²) in [5.74, 6) is -0.203. The quantitative estimate of drug-likeness (QED) is 0.766. The highest BCUT2D eigenvalue weighted by molar-refractivity contribution is 7.13. The Morgan fingerprint density at radius 2 is 2.17 bits per heavy atom. The van der Waals surface area contributed by atoms with E-state index in [0.717, 1.165) is 16.1 Å². The van der Waals surface area contributed by atoms with Gasteiger partial charge in [0.25, 0.3) is 5.91 Å². The summed E-state index contributed by atoms with van der Waals surface area (Å²) in [4.78, 5) is 20.8. The molecule has 116 valence electrons. The molecule has 1 unspecified atom stereocenters. The number of rotatable bonds is 4. The van der Waals surface area contributed by atoms with Crippen LogP contribution in [0.5, 0.6) is 0 Å².